The molecule has 0 bridgehead atoms. The summed E-state index contributed by atoms with van der Waals surface area (Å²) >= 11 is 1.33. The van der Waals surface area contributed by atoms with Gasteiger partial charge in [-0.15, -0.1) is 0 Å². The fourth-order valence-corrected chi connectivity index (χ4v) is 4.51. The lowest BCUT2D eigenvalue weighted by Crippen LogP contribution is -2.35. The van der Waals surface area contributed by atoms with Gasteiger partial charge in [0.05, 0.1) is 12.8 Å². The Balaban J connectivity index is 1.44. The maximum absolute atomic E-state index is 13.0. The molecule has 1 N–H and O–H groups in total. The number of Topliss-reactive ketones (excluding diaryl/α,β-unsaturated/α-hetero) is 1. The number of anilines is 1. The molecule has 1 saturated carbocycles. The van der Waals surface area contributed by atoms with E-state index in [-0.39, 0.29) is 30.1 Å². The summed E-state index contributed by atoms with van der Waals surface area (Å²) in [5.74, 6) is 0.392. The van der Waals surface area contributed by atoms with E-state index in [4.69, 9.17) is 4.74 Å². The number of methoxy groups -OCH3 is 1. The average Bonchev–Trinajstić information content (AvgIpc) is 3.54. The van der Waals surface area contributed by atoms with Crippen LogP contribution in [-0.2, 0) is 9.59 Å². The molecule has 2 amide bonds. The molecule has 2 fully saturated rings. The molecule has 0 aromatic heterocycles. The molecule has 0 unspecified atom stereocenters. The second-order valence-corrected chi connectivity index (χ2v) is 8.69. The van der Waals surface area contributed by atoms with Crippen LogP contribution in [0.4, 0.5) is 11.4 Å². The molecule has 2 aromatic rings. The summed E-state index contributed by atoms with van der Waals surface area (Å²) in [7, 11) is 1.61. The van der Waals surface area contributed by atoms with Crippen LogP contribution in [0.1, 0.15) is 36.5 Å². The van der Waals surface area contributed by atoms with E-state index in [1.54, 1.807) is 36.3 Å². The van der Waals surface area contributed by atoms with Gasteiger partial charge in [-0.2, -0.15) is 0 Å². The Morgan fingerprint density at radius 3 is 2.39 bits per heavy atom. The standard InChI is InChI=1S/C23H23N3O4S/c1-14(27)15-3-5-16(6-4-15)24-21(28)13-20-22(29)26(18-9-10-18)23(31-20)25-17-7-11-19(30-2)12-8-17/h3-8,11-12,18,20H,9-10,13H2,1-2H3,(H,24,28)/t20-/m0/s1. The van der Waals surface area contributed by atoms with Crippen LogP contribution in [0, 0.1) is 0 Å². The van der Waals surface area contributed by atoms with Crippen LogP contribution in [0.5, 0.6) is 5.75 Å². The molecule has 31 heavy (non-hydrogen) atoms. The first-order chi connectivity index (χ1) is 14.9. The summed E-state index contributed by atoms with van der Waals surface area (Å²) in [6, 6.07) is 14.2. The third-order valence-corrected chi connectivity index (χ3v) is 6.27. The minimum Gasteiger partial charge on any atom is -0.497 e. The number of aliphatic imine (C=N–C) groups is 1. The van der Waals surface area contributed by atoms with E-state index in [0.717, 1.165) is 24.3 Å². The summed E-state index contributed by atoms with van der Waals surface area (Å²) in [5.41, 5.74) is 1.91. The zero-order valence-electron chi connectivity index (χ0n) is 17.3. The zero-order chi connectivity index (χ0) is 22.0. The summed E-state index contributed by atoms with van der Waals surface area (Å²) < 4.78 is 5.17. The number of carbonyl (C=O) groups excluding carboxylic acids is 3. The number of ether oxygens (including phenoxy) is 1. The number of hydrogen-bond donors (Lipinski definition) is 1. The van der Waals surface area contributed by atoms with Crippen molar-refractivity contribution < 1.29 is 19.1 Å². The van der Waals surface area contributed by atoms with E-state index in [1.807, 2.05) is 24.3 Å². The highest BCUT2D eigenvalue weighted by molar-refractivity contribution is 8.15. The predicted molar refractivity (Wildman–Crippen MR) is 121 cm³/mol. The van der Waals surface area contributed by atoms with Crippen molar-refractivity contribution in [3.63, 3.8) is 0 Å². The highest BCUT2D eigenvalue weighted by atomic mass is 32.2. The minimum absolute atomic E-state index is 0.0327. The predicted octanol–water partition coefficient (Wildman–Crippen LogP) is 4.02. The van der Waals surface area contributed by atoms with Crippen molar-refractivity contribution in [3.8, 4) is 5.75 Å². The van der Waals surface area contributed by atoms with E-state index in [2.05, 4.69) is 10.3 Å². The van der Waals surface area contributed by atoms with E-state index in [1.165, 1.54) is 18.7 Å². The summed E-state index contributed by atoms with van der Waals surface area (Å²) in [6.45, 7) is 1.49. The normalized spacial score (nSPS) is 19.5. The first-order valence-electron chi connectivity index (χ1n) is 10.1. The lowest BCUT2D eigenvalue weighted by molar-refractivity contribution is -0.128. The van der Waals surface area contributed by atoms with Crippen molar-refractivity contribution in [1.82, 2.24) is 4.90 Å². The highest BCUT2D eigenvalue weighted by Gasteiger charge is 2.46. The van der Waals surface area contributed by atoms with Gasteiger partial charge < -0.3 is 10.1 Å². The van der Waals surface area contributed by atoms with Crippen LogP contribution in [0.15, 0.2) is 53.5 Å². The van der Waals surface area contributed by atoms with Crippen molar-refractivity contribution in [2.45, 2.75) is 37.5 Å². The van der Waals surface area contributed by atoms with E-state index in [0.29, 0.717) is 16.4 Å². The molecule has 1 atom stereocenters. The Bertz CT molecular complexity index is 1030. The fourth-order valence-electron chi connectivity index (χ4n) is 3.30. The van der Waals surface area contributed by atoms with Crippen molar-refractivity contribution in [3.05, 3.63) is 54.1 Å². The SMILES string of the molecule is COc1ccc(N=C2S[C@@H](CC(=O)Nc3ccc(C(C)=O)cc3)C(=O)N2C2CC2)cc1. The number of nitrogens with zero attached hydrogens (tertiary/aromatic N) is 2. The summed E-state index contributed by atoms with van der Waals surface area (Å²) in [6.07, 6.45) is 1.97. The van der Waals surface area contributed by atoms with Gasteiger partial charge in [0.1, 0.15) is 11.0 Å². The van der Waals surface area contributed by atoms with Crippen LogP contribution in [-0.4, -0.2) is 46.1 Å². The van der Waals surface area contributed by atoms with Gasteiger partial charge in [0.2, 0.25) is 11.8 Å². The maximum atomic E-state index is 13.0. The van der Waals surface area contributed by atoms with Gasteiger partial charge in [0.15, 0.2) is 11.0 Å². The quantitative estimate of drug-likeness (QED) is 0.661. The van der Waals surface area contributed by atoms with Gasteiger partial charge in [-0.3, -0.25) is 19.3 Å². The molecule has 1 aliphatic heterocycles. The number of hydrogen-bond acceptors (Lipinski definition) is 6. The molecule has 0 radical (unpaired) electrons. The van der Waals surface area contributed by atoms with Crippen LogP contribution in [0.2, 0.25) is 0 Å². The molecule has 7 nitrogen and oxygen atoms in total. The zero-order valence-corrected chi connectivity index (χ0v) is 18.1. The minimum atomic E-state index is -0.505. The third kappa shape index (κ3) is 4.96. The van der Waals surface area contributed by atoms with Crippen LogP contribution in [0.3, 0.4) is 0 Å². The second-order valence-electron chi connectivity index (χ2n) is 7.52. The van der Waals surface area contributed by atoms with Crippen molar-refractivity contribution in [2.24, 2.45) is 4.99 Å². The number of ketones is 1. The third-order valence-electron chi connectivity index (χ3n) is 5.12. The fraction of sp³-hybridized carbons (Fsp3) is 0.304. The summed E-state index contributed by atoms with van der Waals surface area (Å²) in [5, 5.41) is 2.94. The van der Waals surface area contributed by atoms with Crippen LogP contribution in [0.25, 0.3) is 0 Å². The lowest BCUT2D eigenvalue weighted by atomic mass is 10.1. The van der Waals surface area contributed by atoms with Crippen LogP contribution < -0.4 is 10.1 Å². The largest absolute Gasteiger partial charge is 0.497 e. The monoisotopic (exact) mass is 437 g/mol. The van der Waals surface area contributed by atoms with Gasteiger partial charge in [-0.05, 0) is 68.3 Å². The molecule has 2 aliphatic rings. The molecule has 1 heterocycles. The summed E-state index contributed by atoms with van der Waals surface area (Å²) in [4.78, 5) is 43.3. The Kier molecular flexibility index (Phi) is 6.08. The molecular formula is C23H23N3O4S. The molecule has 8 heteroatoms. The Morgan fingerprint density at radius 2 is 1.81 bits per heavy atom. The van der Waals surface area contributed by atoms with Crippen molar-refractivity contribution in [2.75, 3.05) is 12.4 Å². The molecule has 4 rings (SSSR count). The Labute approximate surface area is 184 Å². The van der Waals surface area contributed by atoms with Crippen molar-refractivity contribution in [1.29, 1.82) is 0 Å². The van der Waals surface area contributed by atoms with Gasteiger partial charge in [0, 0.05) is 23.7 Å². The average molecular weight is 438 g/mol. The number of rotatable bonds is 7. The van der Waals surface area contributed by atoms with E-state index < -0.39 is 5.25 Å². The molecule has 0 spiro atoms. The van der Waals surface area contributed by atoms with Gasteiger partial charge in [0.25, 0.3) is 0 Å². The lowest BCUT2D eigenvalue weighted by Gasteiger charge is -2.15. The molecular weight excluding hydrogens is 414 g/mol. The molecule has 1 saturated heterocycles. The molecule has 160 valence electrons. The number of amidine groups is 1. The number of carbonyl (C=O) groups is 3. The first kappa shape index (κ1) is 21.1. The van der Waals surface area contributed by atoms with Crippen molar-refractivity contribution >= 4 is 45.9 Å². The number of benzene rings is 2. The van der Waals surface area contributed by atoms with Crippen LogP contribution >= 0.6 is 11.8 Å². The maximum Gasteiger partial charge on any atom is 0.242 e. The molecule has 1 aliphatic carbocycles. The topological polar surface area (TPSA) is 88.1 Å². The second kappa shape index (κ2) is 8.93. The number of amides is 2. The molecule has 2 aromatic carbocycles. The van der Waals surface area contributed by atoms with E-state index >= 15 is 0 Å². The highest BCUT2D eigenvalue weighted by Crippen LogP contribution is 2.39. The van der Waals surface area contributed by atoms with Gasteiger partial charge in [-0.1, -0.05) is 11.8 Å². The smallest absolute Gasteiger partial charge is 0.242 e. The Hall–Kier alpha value is -3.13. The first-order valence-corrected chi connectivity index (χ1v) is 11.0. The number of nitrogens with one attached hydrogen (secondary N) is 1. The van der Waals surface area contributed by atoms with Gasteiger partial charge in [-0.25, -0.2) is 4.99 Å². The van der Waals surface area contributed by atoms with Gasteiger partial charge >= 0.3 is 0 Å². The van der Waals surface area contributed by atoms with E-state index in [9.17, 15) is 14.4 Å². The Morgan fingerprint density at radius 1 is 1.13 bits per heavy atom. The number of thioether (sulfide) groups is 1.